The minimum Gasteiger partial charge on any atom is -0.508 e. The molecule has 0 amide bonds. The van der Waals surface area contributed by atoms with Gasteiger partial charge in [0, 0.05) is 6.42 Å². The van der Waals surface area contributed by atoms with Gasteiger partial charge in [-0.2, -0.15) is 0 Å². The highest BCUT2D eigenvalue weighted by Gasteiger charge is 2.27. The van der Waals surface area contributed by atoms with Crippen LogP contribution < -0.4 is 0 Å². The van der Waals surface area contributed by atoms with Crippen molar-refractivity contribution in [2.45, 2.75) is 12.0 Å². The van der Waals surface area contributed by atoms with E-state index in [-0.39, 0.29) is 5.75 Å². The maximum atomic E-state index is 11.0. The Balaban J connectivity index is 1.55. The molecular weight excluding hydrogens is 320 g/mol. The molecule has 1 aliphatic rings. The molecule has 0 radical (unpaired) electrons. The van der Waals surface area contributed by atoms with Gasteiger partial charge in [0.15, 0.2) is 0 Å². The van der Waals surface area contributed by atoms with Crippen molar-refractivity contribution in [1.82, 2.24) is 0 Å². The van der Waals surface area contributed by atoms with Crippen LogP contribution in [0.15, 0.2) is 97.1 Å². The molecule has 0 aliphatic heterocycles. The Morgan fingerprint density at radius 2 is 1.31 bits per heavy atom. The Labute approximate surface area is 153 Å². The number of aromatic hydroxyl groups is 1. The Morgan fingerprint density at radius 1 is 0.692 bits per heavy atom. The van der Waals surface area contributed by atoms with Crippen LogP contribution in [0.2, 0.25) is 0 Å². The molecule has 26 heavy (non-hydrogen) atoms. The minimum atomic E-state index is -0.990. The maximum Gasteiger partial charge on any atom is 0.115 e. The largest absolute Gasteiger partial charge is 0.508 e. The van der Waals surface area contributed by atoms with E-state index in [4.69, 9.17) is 0 Å². The summed E-state index contributed by atoms with van der Waals surface area (Å²) in [6.07, 6.45) is 6.36. The summed E-state index contributed by atoms with van der Waals surface area (Å²) in [7, 11) is 0. The number of aliphatic hydroxyl groups is 1. The monoisotopic (exact) mass is 340 g/mol. The molecule has 0 spiro atoms. The fourth-order valence-corrected chi connectivity index (χ4v) is 3.29. The molecular formula is C24H20O2. The van der Waals surface area contributed by atoms with E-state index in [2.05, 4.69) is 24.3 Å². The summed E-state index contributed by atoms with van der Waals surface area (Å²) in [4.78, 5) is 0. The lowest BCUT2D eigenvalue weighted by atomic mass is 9.83. The highest BCUT2D eigenvalue weighted by molar-refractivity contribution is 5.76. The number of rotatable bonds is 3. The first-order chi connectivity index (χ1) is 12.6. The molecule has 3 aromatic rings. The number of benzene rings is 3. The second-order valence-electron chi connectivity index (χ2n) is 6.61. The Kier molecular flexibility index (Phi) is 4.19. The van der Waals surface area contributed by atoms with E-state index < -0.39 is 5.60 Å². The third-order valence-corrected chi connectivity index (χ3v) is 4.86. The van der Waals surface area contributed by atoms with Crippen LogP contribution in [-0.2, 0) is 5.60 Å². The fourth-order valence-electron chi connectivity index (χ4n) is 3.29. The van der Waals surface area contributed by atoms with Gasteiger partial charge >= 0.3 is 0 Å². The fraction of sp³-hybridized carbons (Fsp3) is 0.0833. The highest BCUT2D eigenvalue weighted by Crippen LogP contribution is 2.35. The van der Waals surface area contributed by atoms with Gasteiger partial charge in [-0.1, -0.05) is 78.9 Å². The van der Waals surface area contributed by atoms with Crippen molar-refractivity contribution in [1.29, 1.82) is 0 Å². The van der Waals surface area contributed by atoms with Crippen molar-refractivity contribution in [2.24, 2.45) is 0 Å². The molecule has 0 saturated carbocycles. The first-order valence-corrected chi connectivity index (χ1v) is 8.71. The maximum absolute atomic E-state index is 11.0. The van der Waals surface area contributed by atoms with Crippen molar-refractivity contribution in [3.63, 3.8) is 0 Å². The molecule has 4 rings (SSSR count). The number of hydrogen-bond donors (Lipinski definition) is 2. The predicted octanol–water partition coefficient (Wildman–Crippen LogP) is 5.29. The topological polar surface area (TPSA) is 40.5 Å². The van der Waals surface area contributed by atoms with Crippen LogP contribution in [0.5, 0.6) is 5.75 Å². The number of hydrogen-bond acceptors (Lipinski definition) is 2. The molecule has 128 valence electrons. The molecule has 2 nitrogen and oxygen atoms in total. The summed E-state index contributed by atoms with van der Waals surface area (Å²) in [5.41, 5.74) is 4.28. The summed E-state index contributed by atoms with van der Waals surface area (Å²) in [5.74, 6) is 0.254. The highest BCUT2D eigenvalue weighted by atomic mass is 16.3. The summed E-state index contributed by atoms with van der Waals surface area (Å²) in [6, 6.07) is 25.4. The third kappa shape index (κ3) is 3.19. The molecule has 0 fully saturated rings. The van der Waals surface area contributed by atoms with Crippen molar-refractivity contribution in [2.75, 3.05) is 0 Å². The zero-order valence-corrected chi connectivity index (χ0v) is 14.3. The second-order valence-corrected chi connectivity index (χ2v) is 6.61. The molecule has 1 atom stereocenters. The Bertz CT molecular complexity index is 951. The smallest absolute Gasteiger partial charge is 0.115 e. The summed E-state index contributed by atoms with van der Waals surface area (Å²) < 4.78 is 0. The molecule has 0 aromatic heterocycles. The SMILES string of the molecule is Oc1ccc(C2=CCC(O)(c3ccc(-c4ccccc4)cc3)C=C2)cc1. The van der Waals surface area contributed by atoms with Crippen LogP contribution in [0, 0.1) is 0 Å². The van der Waals surface area contributed by atoms with Gasteiger partial charge in [-0.05, 0) is 46.0 Å². The summed E-state index contributed by atoms with van der Waals surface area (Å²) in [5, 5.41) is 20.5. The van der Waals surface area contributed by atoms with Crippen molar-refractivity contribution in [3.8, 4) is 16.9 Å². The van der Waals surface area contributed by atoms with Gasteiger partial charge in [-0.15, -0.1) is 0 Å². The van der Waals surface area contributed by atoms with E-state index in [0.29, 0.717) is 6.42 Å². The van der Waals surface area contributed by atoms with E-state index in [1.54, 1.807) is 12.1 Å². The molecule has 1 aliphatic carbocycles. The first kappa shape index (κ1) is 16.4. The standard InChI is InChI=1S/C24H20O2/c25-23-12-8-20(9-13-23)21-14-16-24(26,17-15-21)22-10-6-19(7-11-22)18-4-2-1-3-5-18/h1-16,25-26H,17H2. The molecule has 3 aromatic carbocycles. The average Bonchev–Trinajstić information content (AvgIpc) is 2.70. The van der Waals surface area contributed by atoms with E-state index in [0.717, 1.165) is 22.3 Å². The quantitative estimate of drug-likeness (QED) is 0.680. The van der Waals surface area contributed by atoms with Gasteiger partial charge in [-0.3, -0.25) is 0 Å². The Morgan fingerprint density at radius 3 is 1.92 bits per heavy atom. The molecule has 2 heteroatoms. The van der Waals surface area contributed by atoms with Gasteiger partial charge in [0.1, 0.15) is 11.4 Å². The molecule has 1 unspecified atom stereocenters. The van der Waals surface area contributed by atoms with Crippen molar-refractivity contribution < 1.29 is 10.2 Å². The van der Waals surface area contributed by atoms with Gasteiger partial charge in [0.25, 0.3) is 0 Å². The van der Waals surface area contributed by atoms with E-state index in [1.807, 2.05) is 60.7 Å². The number of phenols is 1. The zero-order chi connectivity index (χ0) is 18.0. The molecule has 0 bridgehead atoms. The van der Waals surface area contributed by atoms with Crippen molar-refractivity contribution in [3.05, 3.63) is 108 Å². The molecule has 0 heterocycles. The van der Waals surface area contributed by atoms with Gasteiger partial charge in [0.05, 0.1) is 0 Å². The van der Waals surface area contributed by atoms with Gasteiger partial charge in [-0.25, -0.2) is 0 Å². The third-order valence-electron chi connectivity index (χ3n) is 4.86. The summed E-state index contributed by atoms with van der Waals surface area (Å²) >= 11 is 0. The lowest BCUT2D eigenvalue weighted by molar-refractivity contribution is 0.0920. The molecule has 0 saturated heterocycles. The van der Waals surface area contributed by atoms with E-state index in [1.165, 1.54) is 5.56 Å². The van der Waals surface area contributed by atoms with Crippen LogP contribution >= 0.6 is 0 Å². The van der Waals surface area contributed by atoms with Crippen LogP contribution in [0.4, 0.5) is 0 Å². The van der Waals surface area contributed by atoms with Crippen LogP contribution in [0.3, 0.4) is 0 Å². The van der Waals surface area contributed by atoms with Gasteiger partial charge in [0.2, 0.25) is 0 Å². The predicted molar refractivity (Wildman–Crippen MR) is 106 cm³/mol. The zero-order valence-electron chi connectivity index (χ0n) is 14.3. The van der Waals surface area contributed by atoms with Crippen LogP contribution in [0.1, 0.15) is 17.5 Å². The van der Waals surface area contributed by atoms with Crippen molar-refractivity contribution >= 4 is 5.57 Å². The van der Waals surface area contributed by atoms with Crippen LogP contribution in [-0.4, -0.2) is 10.2 Å². The Hall–Kier alpha value is -3.10. The number of allylic oxidation sites excluding steroid dienone is 2. The minimum absolute atomic E-state index is 0.254. The van der Waals surface area contributed by atoms with Gasteiger partial charge < -0.3 is 10.2 Å². The lowest BCUT2D eigenvalue weighted by Gasteiger charge is -2.27. The summed E-state index contributed by atoms with van der Waals surface area (Å²) in [6.45, 7) is 0. The van der Waals surface area contributed by atoms with E-state index >= 15 is 0 Å². The molecule has 2 N–H and O–H groups in total. The lowest BCUT2D eigenvalue weighted by Crippen LogP contribution is -2.23. The van der Waals surface area contributed by atoms with E-state index in [9.17, 15) is 10.2 Å². The second kappa shape index (κ2) is 6.66. The first-order valence-electron chi connectivity index (χ1n) is 8.71. The normalized spacial score (nSPS) is 19.2. The number of phenolic OH excluding ortho intramolecular Hbond substituents is 1. The van der Waals surface area contributed by atoms with Crippen LogP contribution in [0.25, 0.3) is 16.7 Å². The average molecular weight is 340 g/mol.